The van der Waals surface area contributed by atoms with Gasteiger partial charge in [0.2, 0.25) is 5.95 Å². The first-order valence-corrected chi connectivity index (χ1v) is 14.6. The number of fused-ring (bicyclic) bond motifs is 1. The van der Waals surface area contributed by atoms with Gasteiger partial charge in [-0.1, -0.05) is 19.9 Å². The Morgan fingerprint density at radius 2 is 2.02 bits per heavy atom. The number of ether oxygens (including phenoxy) is 2. The maximum atomic E-state index is 15.6. The smallest absolute Gasteiger partial charge is 0.409 e. The molecule has 1 aromatic carbocycles. The molecule has 6 rings (SSSR count). The van der Waals surface area contributed by atoms with Crippen LogP contribution in [0.15, 0.2) is 48.9 Å². The van der Waals surface area contributed by atoms with Crippen molar-refractivity contribution in [1.82, 2.24) is 24.5 Å². The summed E-state index contributed by atoms with van der Waals surface area (Å²) in [5.41, 5.74) is 11.9. The monoisotopic (exact) mass is 587 g/mol. The number of benzene rings is 1. The number of pyridine rings is 1. The molecule has 10 nitrogen and oxygen atoms in total. The van der Waals surface area contributed by atoms with E-state index < -0.39 is 0 Å². The van der Waals surface area contributed by atoms with Crippen LogP contribution in [0.5, 0.6) is 0 Å². The Morgan fingerprint density at radius 1 is 1.23 bits per heavy atom. The van der Waals surface area contributed by atoms with Gasteiger partial charge in [-0.2, -0.15) is 9.61 Å². The van der Waals surface area contributed by atoms with Crippen molar-refractivity contribution in [3.05, 3.63) is 71.4 Å². The van der Waals surface area contributed by atoms with Crippen LogP contribution in [0.4, 0.5) is 20.8 Å². The van der Waals surface area contributed by atoms with E-state index in [1.807, 2.05) is 31.2 Å². The number of nitrogens with one attached hydrogen (secondary N) is 1. The Balaban J connectivity index is 1.28. The van der Waals surface area contributed by atoms with E-state index in [0.29, 0.717) is 36.8 Å². The number of amides is 1. The average Bonchev–Trinajstić information content (AvgIpc) is 3.36. The molecule has 0 radical (unpaired) electrons. The summed E-state index contributed by atoms with van der Waals surface area (Å²) >= 11 is 0. The number of rotatable bonds is 6. The zero-order valence-electron chi connectivity index (χ0n) is 25.2. The zero-order valence-corrected chi connectivity index (χ0v) is 25.2. The first-order valence-electron chi connectivity index (χ1n) is 14.6. The molecule has 4 heterocycles. The molecule has 0 bridgehead atoms. The predicted octanol–water partition coefficient (Wildman–Crippen LogP) is 5.18. The van der Waals surface area contributed by atoms with Crippen LogP contribution in [-0.4, -0.2) is 70.0 Å². The number of anilines is 2. The van der Waals surface area contributed by atoms with E-state index >= 15 is 4.39 Å². The Hall–Kier alpha value is -4.09. The van der Waals surface area contributed by atoms with E-state index in [1.165, 1.54) is 7.11 Å². The standard InChI is InChI=1S/C32H38FN7O3/c1-18-11-21(32(3)16-43-17-32)13-24(33)28(18)26-7-6-22-14-36-30(40(22)38-26)37-27-15-35-9-8-23(27)20-10-19(2)29(25(34)12-20)39(4)31(41)42-5/h6-9,11,13-15,19-20,25,29H,10,12,16-17,34H2,1-5H3,(H,36,37). The Kier molecular flexibility index (Phi) is 7.55. The topological polar surface area (TPSA) is 120 Å². The number of nitrogens with two attached hydrogens (primary N) is 1. The van der Waals surface area contributed by atoms with E-state index in [1.54, 1.807) is 41.1 Å². The van der Waals surface area contributed by atoms with Crippen molar-refractivity contribution in [3.63, 3.8) is 0 Å². The van der Waals surface area contributed by atoms with Gasteiger partial charge in [0.05, 0.1) is 55.7 Å². The molecule has 4 unspecified atom stereocenters. The minimum Gasteiger partial charge on any atom is -0.453 e. The lowest BCUT2D eigenvalue weighted by atomic mass is 9.73. The van der Waals surface area contributed by atoms with Crippen molar-refractivity contribution < 1.29 is 18.7 Å². The van der Waals surface area contributed by atoms with Gasteiger partial charge in [-0.25, -0.2) is 14.2 Å². The van der Waals surface area contributed by atoms with Gasteiger partial charge in [0, 0.05) is 30.3 Å². The molecule has 11 heteroatoms. The van der Waals surface area contributed by atoms with Gasteiger partial charge in [-0.15, -0.1) is 0 Å². The summed E-state index contributed by atoms with van der Waals surface area (Å²) in [6, 6.07) is 9.00. The molecule has 0 spiro atoms. The number of aromatic nitrogens is 4. The minimum absolute atomic E-state index is 0.122. The molecule has 4 atom stereocenters. The fourth-order valence-electron chi connectivity index (χ4n) is 6.84. The summed E-state index contributed by atoms with van der Waals surface area (Å²) in [6.07, 6.45) is 6.42. The first kappa shape index (κ1) is 29.0. The summed E-state index contributed by atoms with van der Waals surface area (Å²) in [6.45, 7) is 7.30. The minimum atomic E-state index is -0.386. The summed E-state index contributed by atoms with van der Waals surface area (Å²) < 4.78 is 27.6. The van der Waals surface area contributed by atoms with Gasteiger partial charge in [0.15, 0.2) is 0 Å². The summed E-state index contributed by atoms with van der Waals surface area (Å²) in [5.74, 6) is 0.486. The van der Waals surface area contributed by atoms with E-state index in [2.05, 4.69) is 29.1 Å². The number of methoxy groups -OCH3 is 1. The molecule has 2 aliphatic rings. The SMILES string of the molecule is COC(=O)N(C)C1C(C)CC(c2ccncc2Nc2ncc3ccc(-c4c(C)cc(C5(C)COC5)cc4F)nn23)CC1N. The summed E-state index contributed by atoms with van der Waals surface area (Å²) in [5, 5.41) is 8.24. The highest BCUT2D eigenvalue weighted by molar-refractivity contribution is 5.69. The number of halogens is 1. The van der Waals surface area contributed by atoms with Crippen LogP contribution >= 0.6 is 0 Å². The van der Waals surface area contributed by atoms with Crippen LogP contribution in [-0.2, 0) is 14.9 Å². The van der Waals surface area contributed by atoms with Crippen LogP contribution in [0.3, 0.4) is 0 Å². The number of aryl methyl sites for hydroxylation is 1. The third-order valence-electron chi connectivity index (χ3n) is 9.15. The molecule has 4 aromatic rings. The second-order valence-electron chi connectivity index (χ2n) is 12.3. The molecule has 1 saturated carbocycles. The molecule has 43 heavy (non-hydrogen) atoms. The highest BCUT2D eigenvalue weighted by Gasteiger charge is 2.39. The van der Waals surface area contributed by atoms with Crippen molar-refractivity contribution in [3.8, 4) is 11.3 Å². The second kappa shape index (κ2) is 11.2. The third kappa shape index (κ3) is 5.21. The van der Waals surface area contributed by atoms with Crippen molar-refractivity contribution in [2.75, 3.05) is 32.7 Å². The van der Waals surface area contributed by atoms with Crippen molar-refractivity contribution in [1.29, 1.82) is 0 Å². The Labute approximate surface area is 250 Å². The van der Waals surface area contributed by atoms with Gasteiger partial charge in [0.25, 0.3) is 0 Å². The molecule has 1 saturated heterocycles. The molecule has 2 fully saturated rings. The number of hydrogen-bond donors (Lipinski definition) is 2. The van der Waals surface area contributed by atoms with E-state index in [4.69, 9.17) is 20.3 Å². The molecular formula is C32H38FN7O3. The maximum absolute atomic E-state index is 15.6. The van der Waals surface area contributed by atoms with Crippen molar-refractivity contribution in [2.24, 2.45) is 11.7 Å². The number of imidazole rings is 1. The highest BCUT2D eigenvalue weighted by Crippen LogP contribution is 2.41. The number of carbonyl (C=O) groups is 1. The number of hydrogen-bond acceptors (Lipinski definition) is 8. The normalized spacial score (nSPS) is 23.0. The van der Waals surface area contributed by atoms with E-state index in [0.717, 1.165) is 34.3 Å². The zero-order chi connectivity index (χ0) is 30.5. The van der Waals surface area contributed by atoms with Crippen molar-refractivity contribution >= 4 is 23.2 Å². The number of carbonyl (C=O) groups excluding carboxylic acids is 1. The van der Waals surface area contributed by atoms with E-state index in [9.17, 15) is 4.79 Å². The molecule has 3 N–H and O–H groups in total. The lowest BCUT2D eigenvalue weighted by Crippen LogP contribution is -2.55. The van der Waals surface area contributed by atoms with E-state index in [-0.39, 0.29) is 41.2 Å². The quantitative estimate of drug-likeness (QED) is 0.317. The molecule has 226 valence electrons. The van der Waals surface area contributed by atoms with Gasteiger partial charge in [0.1, 0.15) is 5.82 Å². The average molecular weight is 588 g/mol. The lowest BCUT2D eigenvalue weighted by Gasteiger charge is -2.43. The maximum Gasteiger partial charge on any atom is 0.409 e. The number of likely N-dealkylation sites (N-methyl/N-ethyl adjacent to an activating group) is 1. The highest BCUT2D eigenvalue weighted by atomic mass is 19.1. The largest absolute Gasteiger partial charge is 0.453 e. The van der Waals surface area contributed by atoms with Crippen LogP contribution in [0.25, 0.3) is 16.8 Å². The Bertz CT molecular complexity index is 1630. The van der Waals surface area contributed by atoms with Gasteiger partial charge in [-0.05, 0) is 72.6 Å². The predicted molar refractivity (Wildman–Crippen MR) is 162 cm³/mol. The van der Waals surface area contributed by atoms with Crippen LogP contribution in [0.2, 0.25) is 0 Å². The summed E-state index contributed by atoms with van der Waals surface area (Å²) in [7, 11) is 3.12. The Morgan fingerprint density at radius 3 is 2.70 bits per heavy atom. The van der Waals surface area contributed by atoms with Crippen LogP contribution < -0.4 is 11.1 Å². The van der Waals surface area contributed by atoms with Crippen LogP contribution in [0, 0.1) is 18.7 Å². The van der Waals surface area contributed by atoms with Gasteiger partial charge in [-0.3, -0.25) is 4.98 Å². The van der Waals surface area contributed by atoms with Crippen molar-refractivity contribution in [2.45, 2.75) is 57.0 Å². The first-order chi connectivity index (χ1) is 20.6. The lowest BCUT2D eigenvalue weighted by molar-refractivity contribution is -0.0501. The second-order valence-corrected chi connectivity index (χ2v) is 12.3. The molecule has 1 aliphatic carbocycles. The fraction of sp³-hybridized carbons (Fsp3) is 0.438. The molecule has 3 aromatic heterocycles. The van der Waals surface area contributed by atoms with Gasteiger partial charge < -0.3 is 25.4 Å². The summed E-state index contributed by atoms with van der Waals surface area (Å²) in [4.78, 5) is 22.8. The molecule has 1 aliphatic heterocycles. The fourth-order valence-corrected chi connectivity index (χ4v) is 6.84. The van der Waals surface area contributed by atoms with Crippen LogP contribution in [0.1, 0.15) is 49.3 Å². The number of nitrogens with zero attached hydrogens (tertiary/aromatic N) is 5. The van der Waals surface area contributed by atoms with Gasteiger partial charge >= 0.3 is 6.09 Å². The third-order valence-corrected chi connectivity index (χ3v) is 9.15. The molecule has 1 amide bonds. The molecular weight excluding hydrogens is 549 g/mol.